The van der Waals surface area contributed by atoms with Crippen molar-refractivity contribution in [3.8, 4) is 0 Å². The first-order valence-corrected chi connectivity index (χ1v) is 16.9. The van der Waals surface area contributed by atoms with E-state index in [1.54, 1.807) is 0 Å². The SMILES string of the molecule is CC1(C)O[C@@H]2[C@H](OCC[Si](C)(C)C)O[C@H]([C@H](COCc3ccccc3)OCc3ccccc3)[C@@H](O)[C@@H]2O1. The zero-order chi connectivity index (χ0) is 26.5. The summed E-state index contributed by atoms with van der Waals surface area (Å²) in [6, 6.07) is 20.9. The number of aliphatic hydroxyl groups excluding tert-OH is 1. The van der Waals surface area contributed by atoms with Crippen molar-refractivity contribution in [1.29, 1.82) is 0 Å². The Balaban J connectivity index is 1.49. The second-order valence-corrected chi connectivity index (χ2v) is 17.2. The van der Waals surface area contributed by atoms with Gasteiger partial charge >= 0.3 is 0 Å². The first-order chi connectivity index (χ1) is 17.6. The van der Waals surface area contributed by atoms with Crippen LogP contribution >= 0.6 is 0 Å². The van der Waals surface area contributed by atoms with E-state index in [9.17, 15) is 5.11 Å². The maximum absolute atomic E-state index is 11.4. The Labute approximate surface area is 222 Å². The lowest BCUT2D eigenvalue weighted by molar-refractivity contribution is -0.296. The molecule has 2 aromatic carbocycles. The summed E-state index contributed by atoms with van der Waals surface area (Å²) in [5.74, 6) is -0.848. The van der Waals surface area contributed by atoms with Gasteiger partial charge in [-0.15, -0.1) is 0 Å². The lowest BCUT2D eigenvalue weighted by Crippen LogP contribution is -2.61. The van der Waals surface area contributed by atoms with Crippen LogP contribution in [0, 0.1) is 0 Å². The van der Waals surface area contributed by atoms with Crippen LogP contribution in [0.2, 0.25) is 25.7 Å². The van der Waals surface area contributed by atoms with Gasteiger partial charge in [0.05, 0.1) is 19.8 Å². The van der Waals surface area contributed by atoms with Gasteiger partial charge in [-0.1, -0.05) is 80.3 Å². The van der Waals surface area contributed by atoms with Gasteiger partial charge in [0.15, 0.2) is 12.1 Å². The summed E-state index contributed by atoms with van der Waals surface area (Å²) in [6.07, 6.45) is -4.02. The summed E-state index contributed by atoms with van der Waals surface area (Å²) in [5, 5.41) is 11.4. The number of ether oxygens (including phenoxy) is 6. The van der Waals surface area contributed by atoms with Gasteiger partial charge in [-0.2, -0.15) is 0 Å². The molecule has 0 aromatic heterocycles. The monoisotopic (exact) mass is 530 g/mol. The number of aliphatic hydroxyl groups is 1. The molecule has 6 atom stereocenters. The maximum atomic E-state index is 11.4. The molecule has 0 bridgehead atoms. The second kappa shape index (κ2) is 12.5. The Hall–Kier alpha value is -1.62. The molecule has 2 aliphatic heterocycles. The normalized spacial score (nSPS) is 28.1. The standard InChI is InChI=1S/C29H42O7Si/c1-29(2)35-26-24(30)25(34-28(27(26)36-29)32-16-17-37(3,4)5)23(33-19-22-14-10-7-11-15-22)20-31-18-21-12-8-6-9-13-21/h6-15,23-28,30H,16-20H2,1-5H3/t23-,24+,25+,26-,27-,28+/m0/s1. The summed E-state index contributed by atoms with van der Waals surface area (Å²) in [7, 11) is -1.30. The predicted octanol–water partition coefficient (Wildman–Crippen LogP) is 4.75. The highest BCUT2D eigenvalue weighted by Crippen LogP contribution is 2.39. The molecule has 1 N–H and O–H groups in total. The number of rotatable bonds is 12. The predicted molar refractivity (Wildman–Crippen MR) is 144 cm³/mol. The molecule has 0 saturated carbocycles. The van der Waals surface area contributed by atoms with Crippen LogP contribution in [-0.2, 0) is 41.6 Å². The Kier molecular flexibility index (Phi) is 9.58. The zero-order valence-electron chi connectivity index (χ0n) is 22.7. The van der Waals surface area contributed by atoms with E-state index < -0.39 is 50.7 Å². The molecule has 0 radical (unpaired) electrons. The third kappa shape index (κ3) is 8.18. The molecule has 2 aliphatic rings. The molecule has 37 heavy (non-hydrogen) atoms. The third-order valence-corrected chi connectivity index (χ3v) is 8.30. The van der Waals surface area contributed by atoms with Crippen LogP contribution in [-0.4, -0.2) is 69.0 Å². The van der Waals surface area contributed by atoms with E-state index in [0.717, 1.165) is 17.2 Å². The topological polar surface area (TPSA) is 75.6 Å². The average molecular weight is 531 g/mol. The number of hydrogen-bond donors (Lipinski definition) is 1. The van der Waals surface area contributed by atoms with Crippen LogP contribution in [0.1, 0.15) is 25.0 Å². The Morgan fingerprint density at radius 2 is 1.49 bits per heavy atom. The molecule has 2 heterocycles. The quantitative estimate of drug-likeness (QED) is 0.397. The van der Waals surface area contributed by atoms with E-state index in [-0.39, 0.29) is 6.61 Å². The molecule has 0 unspecified atom stereocenters. The van der Waals surface area contributed by atoms with Crippen molar-refractivity contribution in [3.63, 3.8) is 0 Å². The van der Waals surface area contributed by atoms with Crippen molar-refractivity contribution in [2.24, 2.45) is 0 Å². The molecule has 8 heteroatoms. The first kappa shape index (κ1) is 28.4. The van der Waals surface area contributed by atoms with Crippen molar-refractivity contribution >= 4 is 8.07 Å². The third-order valence-electron chi connectivity index (χ3n) is 6.60. The van der Waals surface area contributed by atoms with E-state index in [4.69, 9.17) is 28.4 Å². The van der Waals surface area contributed by atoms with Gasteiger partial charge in [0.2, 0.25) is 0 Å². The zero-order valence-corrected chi connectivity index (χ0v) is 23.7. The van der Waals surface area contributed by atoms with Crippen molar-refractivity contribution < 1.29 is 33.5 Å². The molecule has 0 aliphatic carbocycles. The Bertz CT molecular complexity index is 950. The maximum Gasteiger partial charge on any atom is 0.187 e. The minimum absolute atomic E-state index is 0.243. The molecular formula is C29H42O7Si. The van der Waals surface area contributed by atoms with Crippen molar-refractivity contribution in [3.05, 3.63) is 71.8 Å². The molecular weight excluding hydrogens is 488 g/mol. The molecule has 0 amide bonds. The molecule has 204 valence electrons. The Morgan fingerprint density at radius 1 is 0.892 bits per heavy atom. The van der Waals surface area contributed by atoms with Crippen molar-refractivity contribution in [2.75, 3.05) is 13.2 Å². The van der Waals surface area contributed by atoms with E-state index in [2.05, 4.69) is 19.6 Å². The summed E-state index contributed by atoms with van der Waals surface area (Å²) < 4.78 is 37.3. The van der Waals surface area contributed by atoms with Gasteiger partial charge in [-0.05, 0) is 31.0 Å². The van der Waals surface area contributed by atoms with Crippen LogP contribution in [0.25, 0.3) is 0 Å². The molecule has 7 nitrogen and oxygen atoms in total. The summed E-state index contributed by atoms with van der Waals surface area (Å²) in [5.41, 5.74) is 2.10. The van der Waals surface area contributed by atoms with Gasteiger partial charge in [-0.25, -0.2) is 0 Å². The van der Waals surface area contributed by atoms with Crippen LogP contribution in [0.4, 0.5) is 0 Å². The molecule has 2 saturated heterocycles. The van der Waals surface area contributed by atoms with E-state index in [1.807, 2.05) is 74.5 Å². The first-order valence-electron chi connectivity index (χ1n) is 13.2. The fourth-order valence-electron chi connectivity index (χ4n) is 4.60. The van der Waals surface area contributed by atoms with Crippen molar-refractivity contribution in [2.45, 2.75) is 95.3 Å². The largest absolute Gasteiger partial charge is 0.387 e. The highest BCUT2D eigenvalue weighted by Gasteiger charge is 2.57. The van der Waals surface area contributed by atoms with E-state index in [1.165, 1.54) is 0 Å². The highest BCUT2D eigenvalue weighted by atomic mass is 28.3. The van der Waals surface area contributed by atoms with Crippen LogP contribution in [0.5, 0.6) is 0 Å². The molecule has 4 rings (SSSR count). The summed E-state index contributed by atoms with van der Waals surface area (Å²) >= 11 is 0. The minimum atomic E-state index is -1.30. The number of benzene rings is 2. The van der Waals surface area contributed by atoms with Crippen LogP contribution < -0.4 is 0 Å². The fourth-order valence-corrected chi connectivity index (χ4v) is 5.33. The fraction of sp³-hybridized carbons (Fsp3) is 0.586. The van der Waals surface area contributed by atoms with Gasteiger partial charge < -0.3 is 33.5 Å². The second-order valence-electron chi connectivity index (χ2n) is 11.5. The number of hydrogen-bond acceptors (Lipinski definition) is 7. The Morgan fingerprint density at radius 3 is 2.11 bits per heavy atom. The lowest BCUT2D eigenvalue weighted by Gasteiger charge is -2.42. The molecule has 2 fully saturated rings. The van der Waals surface area contributed by atoms with Gasteiger partial charge in [0.1, 0.15) is 30.5 Å². The average Bonchev–Trinajstić information content (AvgIpc) is 3.19. The van der Waals surface area contributed by atoms with E-state index in [0.29, 0.717) is 19.8 Å². The van der Waals surface area contributed by atoms with Crippen molar-refractivity contribution in [1.82, 2.24) is 0 Å². The number of fused-ring (bicyclic) bond motifs is 1. The molecule has 0 spiro atoms. The molecule has 2 aromatic rings. The van der Waals surface area contributed by atoms with Gasteiger partial charge in [0, 0.05) is 14.7 Å². The van der Waals surface area contributed by atoms with Crippen LogP contribution in [0.3, 0.4) is 0 Å². The summed E-state index contributed by atoms with van der Waals surface area (Å²) in [6.45, 7) is 12.2. The smallest absolute Gasteiger partial charge is 0.187 e. The van der Waals surface area contributed by atoms with Gasteiger partial charge in [0.25, 0.3) is 0 Å². The van der Waals surface area contributed by atoms with E-state index >= 15 is 0 Å². The highest BCUT2D eigenvalue weighted by molar-refractivity contribution is 6.76. The minimum Gasteiger partial charge on any atom is -0.387 e. The lowest BCUT2D eigenvalue weighted by atomic mass is 9.95. The summed E-state index contributed by atoms with van der Waals surface area (Å²) in [4.78, 5) is 0. The van der Waals surface area contributed by atoms with Gasteiger partial charge in [-0.3, -0.25) is 0 Å². The van der Waals surface area contributed by atoms with Crippen LogP contribution in [0.15, 0.2) is 60.7 Å².